The first-order chi connectivity index (χ1) is 9.51. The van der Waals surface area contributed by atoms with E-state index in [1.165, 1.54) is 0 Å². The molecule has 0 saturated heterocycles. The number of carboxylic acids is 1. The van der Waals surface area contributed by atoms with Crippen LogP contribution in [0, 0.1) is 13.8 Å². The van der Waals surface area contributed by atoms with Gasteiger partial charge in [0.2, 0.25) is 0 Å². The lowest BCUT2D eigenvalue weighted by molar-refractivity contribution is -0.136. The van der Waals surface area contributed by atoms with Crippen LogP contribution in [0.4, 0.5) is 0 Å². The van der Waals surface area contributed by atoms with Gasteiger partial charge in [-0.25, -0.2) is 0 Å². The Labute approximate surface area is 117 Å². The predicted molar refractivity (Wildman–Crippen MR) is 74.5 cm³/mol. The maximum atomic E-state index is 10.9. The van der Waals surface area contributed by atoms with Crippen LogP contribution in [0.5, 0.6) is 0 Å². The second-order valence-corrected chi connectivity index (χ2v) is 4.85. The summed E-state index contributed by atoms with van der Waals surface area (Å²) in [7, 11) is 0. The Morgan fingerprint density at radius 2 is 1.80 bits per heavy atom. The van der Waals surface area contributed by atoms with Gasteiger partial charge in [0.15, 0.2) is 0 Å². The van der Waals surface area contributed by atoms with Crippen molar-refractivity contribution in [1.82, 2.24) is 9.78 Å². The second-order valence-electron chi connectivity index (χ2n) is 4.85. The van der Waals surface area contributed by atoms with Crippen LogP contribution in [0.3, 0.4) is 0 Å². The van der Waals surface area contributed by atoms with Gasteiger partial charge in [-0.1, -0.05) is 24.3 Å². The van der Waals surface area contributed by atoms with Gasteiger partial charge in [-0.2, -0.15) is 5.10 Å². The molecule has 2 aromatic rings. The highest BCUT2D eigenvalue weighted by Gasteiger charge is 2.14. The molecule has 5 heteroatoms. The number of carbonyl (C=O) groups is 1. The van der Waals surface area contributed by atoms with Crippen molar-refractivity contribution in [3.8, 4) is 0 Å². The number of aryl methyl sites for hydroxylation is 1. The number of aromatic nitrogens is 2. The van der Waals surface area contributed by atoms with Gasteiger partial charge >= 0.3 is 5.97 Å². The summed E-state index contributed by atoms with van der Waals surface area (Å²) in [6.07, 6.45) is 0.00111. The number of rotatable bonds is 5. The molecule has 1 heterocycles. The number of benzene rings is 1. The third-order valence-electron chi connectivity index (χ3n) is 3.40. The lowest BCUT2D eigenvalue weighted by atomic mass is 10.1. The molecular formula is C15H18N2O3. The fourth-order valence-corrected chi connectivity index (χ4v) is 2.22. The maximum Gasteiger partial charge on any atom is 0.307 e. The SMILES string of the molecule is Cc1nn(Cc2ccc(CO)cc2)c(C)c1CC(=O)O. The van der Waals surface area contributed by atoms with Gasteiger partial charge in [-0.05, 0) is 25.0 Å². The molecular weight excluding hydrogens is 256 g/mol. The third kappa shape index (κ3) is 3.05. The second kappa shape index (κ2) is 5.88. The Morgan fingerprint density at radius 1 is 1.20 bits per heavy atom. The van der Waals surface area contributed by atoms with Crippen LogP contribution in [0.25, 0.3) is 0 Å². The van der Waals surface area contributed by atoms with Gasteiger partial charge in [0.1, 0.15) is 0 Å². The molecule has 0 unspecified atom stereocenters. The molecule has 2 rings (SSSR count). The van der Waals surface area contributed by atoms with Crippen molar-refractivity contribution in [2.45, 2.75) is 33.4 Å². The minimum Gasteiger partial charge on any atom is -0.481 e. The van der Waals surface area contributed by atoms with Crippen LogP contribution in [0.2, 0.25) is 0 Å². The summed E-state index contributed by atoms with van der Waals surface area (Å²) in [6, 6.07) is 7.64. The molecule has 0 amide bonds. The number of carboxylic acid groups (broad SMARTS) is 1. The fraction of sp³-hybridized carbons (Fsp3) is 0.333. The van der Waals surface area contributed by atoms with E-state index in [-0.39, 0.29) is 13.0 Å². The summed E-state index contributed by atoms with van der Waals surface area (Å²) in [4.78, 5) is 10.9. The van der Waals surface area contributed by atoms with Crippen molar-refractivity contribution in [3.63, 3.8) is 0 Å². The standard InChI is InChI=1S/C15H18N2O3/c1-10-14(7-15(19)20)11(2)17(16-10)8-12-3-5-13(9-18)6-4-12/h3-6,18H,7-9H2,1-2H3,(H,19,20). The molecule has 0 aliphatic rings. The van der Waals surface area contributed by atoms with Crippen molar-refractivity contribution in [1.29, 1.82) is 0 Å². The highest BCUT2D eigenvalue weighted by molar-refractivity contribution is 5.70. The molecule has 0 aliphatic carbocycles. The van der Waals surface area contributed by atoms with Crippen LogP contribution in [-0.4, -0.2) is 26.0 Å². The zero-order chi connectivity index (χ0) is 14.7. The number of aliphatic carboxylic acids is 1. The number of aliphatic hydroxyl groups is 1. The Morgan fingerprint density at radius 3 is 2.35 bits per heavy atom. The van der Waals surface area contributed by atoms with E-state index in [0.717, 1.165) is 28.1 Å². The van der Waals surface area contributed by atoms with Crippen LogP contribution in [0.1, 0.15) is 28.1 Å². The lowest BCUT2D eigenvalue weighted by Gasteiger charge is -2.06. The molecule has 20 heavy (non-hydrogen) atoms. The molecule has 106 valence electrons. The minimum atomic E-state index is -0.844. The first kappa shape index (κ1) is 14.3. The highest BCUT2D eigenvalue weighted by atomic mass is 16.4. The van der Waals surface area contributed by atoms with Gasteiger partial charge in [0.25, 0.3) is 0 Å². The van der Waals surface area contributed by atoms with Gasteiger partial charge in [0.05, 0.1) is 25.3 Å². The minimum absolute atomic E-state index is 0.00111. The molecule has 0 saturated carbocycles. The molecule has 1 aromatic carbocycles. The zero-order valence-corrected chi connectivity index (χ0v) is 11.6. The van der Waals surface area contributed by atoms with E-state index in [9.17, 15) is 4.79 Å². The van der Waals surface area contributed by atoms with Crippen LogP contribution < -0.4 is 0 Å². The summed E-state index contributed by atoms with van der Waals surface area (Å²) in [5.74, 6) is -0.844. The van der Waals surface area contributed by atoms with Crippen LogP contribution >= 0.6 is 0 Å². The third-order valence-corrected chi connectivity index (χ3v) is 3.40. The summed E-state index contributed by atoms with van der Waals surface area (Å²) in [5.41, 5.74) is 4.36. The highest BCUT2D eigenvalue weighted by Crippen LogP contribution is 2.16. The molecule has 0 fully saturated rings. The topological polar surface area (TPSA) is 75.3 Å². The predicted octanol–water partition coefficient (Wildman–Crippen LogP) is 1.67. The largest absolute Gasteiger partial charge is 0.481 e. The van der Waals surface area contributed by atoms with Crippen LogP contribution in [-0.2, 0) is 24.4 Å². The van der Waals surface area contributed by atoms with Gasteiger partial charge in [-0.3, -0.25) is 9.48 Å². The molecule has 0 bridgehead atoms. The summed E-state index contributed by atoms with van der Waals surface area (Å²) in [5, 5.41) is 22.3. The summed E-state index contributed by atoms with van der Waals surface area (Å²) >= 11 is 0. The number of hydrogen-bond acceptors (Lipinski definition) is 3. The van der Waals surface area contributed by atoms with E-state index in [1.807, 2.05) is 42.8 Å². The Hall–Kier alpha value is -2.14. The van der Waals surface area contributed by atoms with Gasteiger partial charge < -0.3 is 10.2 Å². The maximum absolute atomic E-state index is 10.9. The number of aliphatic hydroxyl groups excluding tert-OH is 1. The van der Waals surface area contributed by atoms with Crippen molar-refractivity contribution in [2.75, 3.05) is 0 Å². The average Bonchev–Trinajstić information content (AvgIpc) is 2.67. The van der Waals surface area contributed by atoms with E-state index in [1.54, 1.807) is 0 Å². The fourth-order valence-electron chi connectivity index (χ4n) is 2.22. The summed E-state index contributed by atoms with van der Waals surface area (Å²) in [6.45, 7) is 4.35. The van der Waals surface area contributed by atoms with E-state index >= 15 is 0 Å². The zero-order valence-electron chi connectivity index (χ0n) is 11.6. The number of hydrogen-bond donors (Lipinski definition) is 2. The van der Waals surface area contributed by atoms with E-state index in [0.29, 0.717) is 6.54 Å². The van der Waals surface area contributed by atoms with Crippen molar-refractivity contribution >= 4 is 5.97 Å². The first-order valence-corrected chi connectivity index (χ1v) is 6.44. The van der Waals surface area contributed by atoms with E-state index < -0.39 is 5.97 Å². The normalized spacial score (nSPS) is 10.8. The van der Waals surface area contributed by atoms with Crippen molar-refractivity contribution in [2.24, 2.45) is 0 Å². The van der Waals surface area contributed by atoms with Crippen molar-refractivity contribution < 1.29 is 15.0 Å². The van der Waals surface area contributed by atoms with Crippen LogP contribution in [0.15, 0.2) is 24.3 Å². The molecule has 2 N–H and O–H groups in total. The quantitative estimate of drug-likeness (QED) is 0.869. The first-order valence-electron chi connectivity index (χ1n) is 6.44. The average molecular weight is 274 g/mol. The lowest BCUT2D eigenvalue weighted by Crippen LogP contribution is -2.06. The molecule has 0 radical (unpaired) electrons. The van der Waals surface area contributed by atoms with Crippen molar-refractivity contribution in [3.05, 3.63) is 52.3 Å². The Balaban J connectivity index is 2.22. The Bertz CT molecular complexity index is 615. The molecule has 0 aliphatic heterocycles. The van der Waals surface area contributed by atoms with Gasteiger partial charge in [-0.15, -0.1) is 0 Å². The molecule has 0 atom stereocenters. The smallest absolute Gasteiger partial charge is 0.307 e. The molecule has 0 spiro atoms. The Kier molecular flexibility index (Phi) is 4.20. The molecule has 5 nitrogen and oxygen atoms in total. The number of nitrogens with zero attached hydrogens (tertiary/aromatic N) is 2. The monoisotopic (exact) mass is 274 g/mol. The molecule has 1 aromatic heterocycles. The summed E-state index contributed by atoms with van der Waals surface area (Å²) < 4.78 is 1.82. The van der Waals surface area contributed by atoms with E-state index in [4.69, 9.17) is 10.2 Å². The van der Waals surface area contributed by atoms with E-state index in [2.05, 4.69) is 5.10 Å². The van der Waals surface area contributed by atoms with Gasteiger partial charge in [0, 0.05) is 11.3 Å².